The molecule has 0 spiro atoms. The maximum absolute atomic E-state index is 13.4. The average Bonchev–Trinajstić information content (AvgIpc) is 2.73. The third-order valence-electron chi connectivity index (χ3n) is 4.51. The summed E-state index contributed by atoms with van der Waals surface area (Å²) in [5, 5.41) is 2.88. The van der Waals surface area contributed by atoms with Gasteiger partial charge in [-0.05, 0) is 48.5 Å². The average molecular weight is 447 g/mol. The Bertz CT molecular complexity index is 1200. The molecule has 1 aliphatic heterocycles. The lowest BCUT2D eigenvalue weighted by molar-refractivity contribution is -0.122. The van der Waals surface area contributed by atoms with Crippen LogP contribution in [0.5, 0.6) is 5.75 Å². The van der Waals surface area contributed by atoms with Crippen molar-refractivity contribution in [2.45, 2.75) is 11.0 Å². The smallest absolute Gasteiger partial charge is 0.267 e. The third kappa shape index (κ3) is 3.96. The highest BCUT2D eigenvalue weighted by molar-refractivity contribution is 7.92. The van der Waals surface area contributed by atoms with E-state index >= 15 is 0 Å². The first-order chi connectivity index (χ1) is 14.3. The highest BCUT2D eigenvalue weighted by atomic mass is 35.5. The third-order valence-corrected chi connectivity index (χ3v) is 6.54. The number of amides is 1. The number of benzene rings is 3. The van der Waals surface area contributed by atoms with Crippen molar-refractivity contribution >= 4 is 38.9 Å². The zero-order chi connectivity index (χ0) is 21.3. The first-order valence-electron chi connectivity index (χ1n) is 8.95. The van der Waals surface area contributed by atoms with Gasteiger partial charge >= 0.3 is 0 Å². The molecule has 6 nitrogen and oxygen atoms in total. The predicted molar refractivity (Wildman–Crippen MR) is 112 cm³/mol. The second kappa shape index (κ2) is 7.97. The number of halogens is 2. The minimum Gasteiger partial charge on any atom is -0.476 e. The van der Waals surface area contributed by atoms with Gasteiger partial charge in [0, 0.05) is 10.7 Å². The van der Waals surface area contributed by atoms with E-state index < -0.39 is 27.9 Å². The van der Waals surface area contributed by atoms with Crippen molar-refractivity contribution < 1.29 is 22.3 Å². The molecule has 0 radical (unpaired) electrons. The van der Waals surface area contributed by atoms with Crippen molar-refractivity contribution in [3.8, 4) is 5.75 Å². The monoisotopic (exact) mass is 446 g/mol. The number of carbonyl (C=O) groups is 1. The molecule has 4 rings (SSSR count). The number of ether oxygens (including phenoxy) is 1. The van der Waals surface area contributed by atoms with Gasteiger partial charge in [0.2, 0.25) is 0 Å². The summed E-state index contributed by atoms with van der Waals surface area (Å²) in [7, 11) is -3.98. The Labute approximate surface area is 177 Å². The van der Waals surface area contributed by atoms with E-state index in [1.165, 1.54) is 42.5 Å². The van der Waals surface area contributed by atoms with E-state index in [1.807, 2.05) is 0 Å². The van der Waals surface area contributed by atoms with Gasteiger partial charge in [0.05, 0.1) is 17.1 Å². The minimum absolute atomic E-state index is 0.0714. The standard InChI is InChI=1S/C21H16ClFN2O4S/c22-14-9-10-19-18(11-14)25(30(27,28)17-7-2-1-3-8-17)13-20(29-19)21(26)24-16-6-4-5-15(23)12-16/h1-12,20H,13H2,(H,24,26). The maximum Gasteiger partial charge on any atom is 0.267 e. The van der Waals surface area contributed by atoms with Crippen molar-refractivity contribution in [3.63, 3.8) is 0 Å². The molecule has 9 heteroatoms. The van der Waals surface area contributed by atoms with Gasteiger partial charge in [-0.15, -0.1) is 0 Å². The van der Waals surface area contributed by atoms with Crippen LogP contribution in [0.2, 0.25) is 5.02 Å². The fourth-order valence-corrected chi connectivity index (χ4v) is 4.75. The van der Waals surface area contributed by atoms with E-state index in [-0.39, 0.29) is 28.6 Å². The zero-order valence-electron chi connectivity index (χ0n) is 15.5. The number of nitrogens with one attached hydrogen (secondary N) is 1. The fourth-order valence-electron chi connectivity index (χ4n) is 3.10. The second-order valence-electron chi connectivity index (χ2n) is 6.57. The Morgan fingerprint density at radius 1 is 1.07 bits per heavy atom. The van der Waals surface area contributed by atoms with Crippen LogP contribution < -0.4 is 14.4 Å². The lowest BCUT2D eigenvalue weighted by atomic mass is 10.2. The van der Waals surface area contributed by atoms with Crippen molar-refractivity contribution in [2.75, 3.05) is 16.2 Å². The molecule has 30 heavy (non-hydrogen) atoms. The highest BCUT2D eigenvalue weighted by Gasteiger charge is 2.37. The van der Waals surface area contributed by atoms with E-state index in [4.69, 9.17) is 16.3 Å². The Hall–Kier alpha value is -3.10. The number of sulfonamides is 1. The van der Waals surface area contributed by atoms with Crippen molar-refractivity contribution in [1.29, 1.82) is 0 Å². The summed E-state index contributed by atoms with van der Waals surface area (Å²) < 4.78 is 46.8. The van der Waals surface area contributed by atoms with Gasteiger partial charge in [-0.25, -0.2) is 12.8 Å². The van der Waals surface area contributed by atoms with Crippen molar-refractivity contribution in [1.82, 2.24) is 0 Å². The van der Waals surface area contributed by atoms with Crippen LogP contribution in [0.4, 0.5) is 15.8 Å². The molecule has 1 amide bonds. The summed E-state index contributed by atoms with van der Waals surface area (Å²) in [5.41, 5.74) is 0.476. The van der Waals surface area contributed by atoms with Crippen LogP contribution in [0.3, 0.4) is 0 Å². The fraction of sp³-hybridized carbons (Fsp3) is 0.0952. The van der Waals surface area contributed by atoms with Crippen LogP contribution in [-0.4, -0.2) is 27.0 Å². The molecule has 1 atom stereocenters. The molecule has 0 aromatic heterocycles. The lowest BCUT2D eigenvalue weighted by Gasteiger charge is -2.34. The summed E-state index contributed by atoms with van der Waals surface area (Å²) >= 11 is 6.07. The zero-order valence-corrected chi connectivity index (χ0v) is 17.0. The quantitative estimate of drug-likeness (QED) is 0.655. The van der Waals surface area contributed by atoms with Gasteiger partial charge in [-0.1, -0.05) is 35.9 Å². The van der Waals surface area contributed by atoms with Gasteiger partial charge in [-0.2, -0.15) is 0 Å². The second-order valence-corrected chi connectivity index (χ2v) is 8.87. The topological polar surface area (TPSA) is 75.7 Å². The number of nitrogens with zero attached hydrogens (tertiary/aromatic N) is 1. The van der Waals surface area contributed by atoms with Crippen LogP contribution in [-0.2, 0) is 14.8 Å². The van der Waals surface area contributed by atoms with Gasteiger partial charge in [0.25, 0.3) is 15.9 Å². The predicted octanol–water partition coefficient (Wildman–Crippen LogP) is 4.07. The largest absolute Gasteiger partial charge is 0.476 e. The Morgan fingerprint density at radius 2 is 1.83 bits per heavy atom. The Balaban J connectivity index is 1.70. The normalized spacial score (nSPS) is 15.8. The maximum atomic E-state index is 13.4. The van der Waals surface area contributed by atoms with Crippen LogP contribution >= 0.6 is 11.6 Å². The number of fused-ring (bicyclic) bond motifs is 1. The summed E-state index contributed by atoms with van der Waals surface area (Å²) in [6.45, 7) is -0.272. The van der Waals surface area contributed by atoms with Gasteiger partial charge in [-0.3, -0.25) is 9.10 Å². The molecule has 0 aliphatic carbocycles. The first-order valence-corrected chi connectivity index (χ1v) is 10.8. The molecule has 1 N–H and O–H groups in total. The molecule has 0 bridgehead atoms. The molecular formula is C21H16ClFN2O4S. The number of carbonyl (C=O) groups excluding carboxylic acids is 1. The van der Waals surface area contributed by atoms with Gasteiger partial charge < -0.3 is 10.1 Å². The molecule has 1 heterocycles. The molecule has 1 aliphatic rings. The van der Waals surface area contributed by atoms with Gasteiger partial charge in [0.1, 0.15) is 11.6 Å². The Kier molecular flexibility index (Phi) is 5.36. The molecule has 0 fully saturated rings. The number of rotatable bonds is 4. The van der Waals surface area contributed by atoms with E-state index in [9.17, 15) is 17.6 Å². The molecule has 3 aromatic carbocycles. The van der Waals surface area contributed by atoms with Crippen molar-refractivity contribution in [2.24, 2.45) is 0 Å². The summed E-state index contributed by atoms with van der Waals surface area (Å²) in [5.74, 6) is -0.912. The Morgan fingerprint density at radius 3 is 2.57 bits per heavy atom. The molecule has 1 unspecified atom stereocenters. The molecule has 154 valence electrons. The van der Waals surface area contributed by atoms with Crippen LogP contribution in [0, 0.1) is 5.82 Å². The highest BCUT2D eigenvalue weighted by Crippen LogP contribution is 2.39. The van der Waals surface area contributed by atoms with E-state index in [2.05, 4.69) is 5.32 Å². The van der Waals surface area contributed by atoms with Gasteiger partial charge in [0.15, 0.2) is 6.10 Å². The first kappa shape index (κ1) is 20.2. The number of hydrogen-bond acceptors (Lipinski definition) is 4. The van der Waals surface area contributed by atoms with E-state index in [1.54, 1.807) is 24.3 Å². The van der Waals surface area contributed by atoms with Crippen LogP contribution in [0.1, 0.15) is 0 Å². The lowest BCUT2D eigenvalue weighted by Crippen LogP contribution is -2.48. The molecular weight excluding hydrogens is 431 g/mol. The van der Waals surface area contributed by atoms with E-state index in [0.29, 0.717) is 5.02 Å². The van der Waals surface area contributed by atoms with E-state index in [0.717, 1.165) is 10.4 Å². The summed E-state index contributed by atoms with van der Waals surface area (Å²) in [6, 6.07) is 17.8. The van der Waals surface area contributed by atoms with Crippen molar-refractivity contribution in [3.05, 3.63) is 83.6 Å². The molecule has 3 aromatic rings. The van der Waals surface area contributed by atoms with Crippen LogP contribution in [0.15, 0.2) is 77.7 Å². The summed E-state index contributed by atoms with van der Waals surface area (Å²) in [4.78, 5) is 12.8. The SMILES string of the molecule is O=C(Nc1cccc(F)c1)C1CN(S(=O)(=O)c2ccccc2)c2cc(Cl)ccc2O1. The molecule has 0 saturated carbocycles. The molecule has 0 saturated heterocycles. The number of hydrogen-bond donors (Lipinski definition) is 1. The van der Waals surface area contributed by atoms with Crippen LogP contribution in [0.25, 0.3) is 0 Å². The number of anilines is 2. The summed E-state index contributed by atoms with van der Waals surface area (Å²) in [6.07, 6.45) is -1.15. The minimum atomic E-state index is -3.98.